The Morgan fingerprint density at radius 3 is 2.16 bits per heavy atom. The number of benzene rings is 2. The second kappa shape index (κ2) is 14.9. The molecule has 5 atom stereocenters. The molecule has 0 amide bonds. The lowest BCUT2D eigenvalue weighted by Gasteiger charge is -2.50. The molecule has 0 saturated carbocycles. The number of aryl methyl sites for hydroxylation is 1. The third-order valence-corrected chi connectivity index (χ3v) is 9.27. The van der Waals surface area contributed by atoms with Crippen molar-refractivity contribution in [3.8, 4) is 34.8 Å². The van der Waals surface area contributed by atoms with Crippen LogP contribution in [0.2, 0.25) is 0 Å². The molecular weight excluding hydrogens is 574 g/mol. The number of methoxy groups -OCH3 is 3. The Labute approximate surface area is 268 Å². The number of hydrogen-bond donors (Lipinski definition) is 2. The summed E-state index contributed by atoms with van der Waals surface area (Å²) in [5, 5.41) is 35.0. The fraction of sp³-hybridized carbons (Fsp3) is 0.629. The fourth-order valence-electron chi connectivity index (χ4n) is 7.21. The van der Waals surface area contributed by atoms with Crippen LogP contribution in [0.3, 0.4) is 0 Å². The molecule has 2 aliphatic rings. The van der Waals surface area contributed by atoms with E-state index < -0.39 is 30.3 Å². The molecule has 0 saturated heterocycles. The highest BCUT2D eigenvalue weighted by Crippen LogP contribution is 2.58. The smallest absolute Gasteiger partial charge is 0.167 e. The molecule has 45 heavy (non-hydrogen) atoms. The zero-order chi connectivity index (χ0) is 33.0. The zero-order valence-electron chi connectivity index (χ0n) is 28.4. The second-order valence-electron chi connectivity index (χ2n) is 12.3. The molecule has 0 fully saturated rings. The fourth-order valence-corrected chi connectivity index (χ4v) is 7.21. The van der Waals surface area contributed by atoms with Gasteiger partial charge in [-0.25, -0.2) is 0 Å². The van der Waals surface area contributed by atoms with Gasteiger partial charge >= 0.3 is 0 Å². The first-order chi connectivity index (χ1) is 21.6. The van der Waals surface area contributed by atoms with Crippen molar-refractivity contribution in [2.24, 2.45) is 0 Å². The van der Waals surface area contributed by atoms with Gasteiger partial charge in [-0.05, 0) is 51.9 Å². The molecule has 0 aliphatic carbocycles. The van der Waals surface area contributed by atoms with Crippen molar-refractivity contribution >= 4 is 0 Å². The van der Waals surface area contributed by atoms with Gasteiger partial charge in [-0.3, -0.25) is 4.90 Å². The molecule has 2 N–H and O–H groups in total. The summed E-state index contributed by atoms with van der Waals surface area (Å²) in [5.74, 6) is 2.05. The third kappa shape index (κ3) is 6.16. The summed E-state index contributed by atoms with van der Waals surface area (Å²) in [6.07, 6.45) is 2.90. The first-order valence-electron chi connectivity index (χ1n) is 16.0. The lowest BCUT2D eigenvalue weighted by atomic mass is 9.78. The summed E-state index contributed by atoms with van der Waals surface area (Å²) >= 11 is 0. The molecule has 2 aliphatic heterocycles. The molecule has 0 aromatic heterocycles. The van der Waals surface area contributed by atoms with Gasteiger partial charge in [0.05, 0.1) is 58.7 Å². The van der Waals surface area contributed by atoms with Gasteiger partial charge in [0.15, 0.2) is 23.0 Å². The lowest BCUT2D eigenvalue weighted by molar-refractivity contribution is -0.0671. The molecule has 2 heterocycles. The van der Waals surface area contributed by atoms with Crippen LogP contribution in [0.15, 0.2) is 6.07 Å². The lowest BCUT2D eigenvalue weighted by Crippen LogP contribution is -2.56. The molecule has 0 radical (unpaired) electrons. The van der Waals surface area contributed by atoms with Crippen LogP contribution in [0.4, 0.5) is 0 Å². The number of phenolic OH excluding ortho intramolecular Hbond substituents is 1. The molecule has 2 aromatic rings. The van der Waals surface area contributed by atoms with E-state index in [1.807, 2.05) is 21.0 Å². The summed E-state index contributed by atoms with van der Waals surface area (Å²) in [5.41, 5.74) is 4.19. The molecule has 10 nitrogen and oxygen atoms in total. The molecule has 4 rings (SSSR count). The molecule has 10 heteroatoms. The minimum atomic E-state index is -1.20. The number of aliphatic hydroxyl groups excluding tert-OH is 1. The molecule has 1 unspecified atom stereocenters. The number of unbranched alkanes of at least 4 members (excludes halogenated alkanes) is 2. The second-order valence-corrected chi connectivity index (χ2v) is 12.3. The summed E-state index contributed by atoms with van der Waals surface area (Å²) in [6, 6.07) is 2.37. The van der Waals surface area contributed by atoms with E-state index in [-0.39, 0.29) is 12.4 Å². The number of nitriles is 1. The molecule has 0 bridgehead atoms. The third-order valence-electron chi connectivity index (χ3n) is 9.27. The maximum absolute atomic E-state index is 12.5. The van der Waals surface area contributed by atoms with E-state index in [2.05, 4.69) is 35.8 Å². The van der Waals surface area contributed by atoms with E-state index in [0.29, 0.717) is 59.3 Å². The summed E-state index contributed by atoms with van der Waals surface area (Å²) < 4.78 is 30.4. The average molecular weight is 626 g/mol. The van der Waals surface area contributed by atoms with Crippen LogP contribution in [-0.2, 0) is 11.2 Å². The summed E-state index contributed by atoms with van der Waals surface area (Å²) in [4.78, 5) is 4.14. The Hall–Kier alpha value is -3.23. The van der Waals surface area contributed by atoms with E-state index in [1.165, 1.54) is 7.11 Å². The normalized spacial score (nSPS) is 22.6. The van der Waals surface area contributed by atoms with Gasteiger partial charge in [-0.1, -0.05) is 32.8 Å². The number of aliphatic hydroxyl groups is 1. The Bertz CT molecular complexity index is 1390. The first-order valence-corrected chi connectivity index (χ1v) is 16.0. The molecular formula is C35H51N3O7. The van der Waals surface area contributed by atoms with Crippen LogP contribution < -0.4 is 18.9 Å². The van der Waals surface area contributed by atoms with Crippen molar-refractivity contribution in [3.63, 3.8) is 0 Å². The van der Waals surface area contributed by atoms with Crippen LogP contribution in [0.25, 0.3) is 0 Å². The van der Waals surface area contributed by atoms with E-state index in [4.69, 9.17) is 23.7 Å². The standard InChI is InChI=1S/C35H51N3O7/c1-10-12-14-44-19-24-26-27(30(39)21(4)33(42-8)34(26)43-9)31(40)29-28(37(5)6)25-22(17-23(18-36)38(24)29)16-20(3)32(41-7)35(25)45-15-13-11-2/h16,23-24,28-29,31,39-40H,10-15,17,19H2,1-9H3/t23-,24+,28-,29+,31?/m1/s1. The maximum Gasteiger partial charge on any atom is 0.167 e. The van der Waals surface area contributed by atoms with Crippen LogP contribution >= 0.6 is 0 Å². The number of aromatic hydroxyl groups is 1. The largest absolute Gasteiger partial charge is 0.507 e. The number of hydrogen-bond acceptors (Lipinski definition) is 10. The first kappa shape index (κ1) is 34.6. The summed E-state index contributed by atoms with van der Waals surface area (Å²) in [6.45, 7) is 9.25. The van der Waals surface area contributed by atoms with E-state index >= 15 is 0 Å². The number of nitrogens with zero attached hydrogens (tertiary/aromatic N) is 3. The number of fused-ring (bicyclic) bond motifs is 3. The summed E-state index contributed by atoms with van der Waals surface area (Å²) in [7, 11) is 8.67. The predicted molar refractivity (Wildman–Crippen MR) is 173 cm³/mol. The highest BCUT2D eigenvalue weighted by molar-refractivity contribution is 5.66. The van der Waals surface area contributed by atoms with Gasteiger partial charge in [0.2, 0.25) is 0 Å². The van der Waals surface area contributed by atoms with Gasteiger partial charge in [0.1, 0.15) is 17.9 Å². The highest BCUT2D eigenvalue weighted by Gasteiger charge is 2.53. The van der Waals surface area contributed by atoms with Gasteiger partial charge < -0.3 is 38.8 Å². The van der Waals surface area contributed by atoms with Crippen LogP contribution in [-0.4, -0.2) is 87.3 Å². The van der Waals surface area contributed by atoms with E-state index in [1.54, 1.807) is 21.1 Å². The van der Waals surface area contributed by atoms with Crippen LogP contribution in [0, 0.1) is 25.2 Å². The van der Waals surface area contributed by atoms with Crippen molar-refractivity contribution in [2.75, 3.05) is 55.2 Å². The van der Waals surface area contributed by atoms with Crippen molar-refractivity contribution in [1.82, 2.24) is 9.80 Å². The van der Waals surface area contributed by atoms with E-state index in [9.17, 15) is 15.5 Å². The minimum absolute atomic E-state index is 0.0512. The molecule has 248 valence electrons. The Morgan fingerprint density at radius 2 is 1.58 bits per heavy atom. The van der Waals surface area contributed by atoms with Crippen LogP contribution in [0.5, 0.6) is 28.7 Å². The zero-order valence-corrected chi connectivity index (χ0v) is 28.4. The monoisotopic (exact) mass is 625 g/mol. The highest BCUT2D eigenvalue weighted by atomic mass is 16.5. The SMILES string of the molecule is CCCCOC[C@H]1c2c(OC)c(OC)c(C)c(O)c2C(O)[C@@H]2[C@H](N(C)C)c3c(cc(C)c(OC)c3OCCCC)C[C@H](C#N)N21. The number of likely N-dealkylation sites (N-methyl/N-ethyl adjacent to an activating group) is 1. The van der Waals surface area contributed by atoms with E-state index in [0.717, 1.165) is 42.4 Å². The Kier molecular flexibility index (Phi) is 11.5. The number of ether oxygens (including phenoxy) is 5. The van der Waals surface area contributed by atoms with Gasteiger partial charge in [0.25, 0.3) is 0 Å². The minimum Gasteiger partial charge on any atom is -0.507 e. The maximum atomic E-state index is 12.5. The quantitative estimate of drug-likeness (QED) is 0.275. The van der Waals surface area contributed by atoms with Gasteiger partial charge in [-0.15, -0.1) is 0 Å². The molecule has 2 aromatic carbocycles. The van der Waals surface area contributed by atoms with Crippen molar-refractivity contribution in [1.29, 1.82) is 5.26 Å². The van der Waals surface area contributed by atoms with Crippen LogP contribution in [0.1, 0.15) is 91.1 Å². The van der Waals surface area contributed by atoms with Gasteiger partial charge in [-0.2, -0.15) is 5.26 Å². The predicted octanol–water partition coefficient (Wildman–Crippen LogP) is 5.54. The Balaban J connectivity index is 2.07. The van der Waals surface area contributed by atoms with Crippen molar-refractivity contribution in [2.45, 2.75) is 90.1 Å². The number of phenols is 1. The van der Waals surface area contributed by atoms with Crippen molar-refractivity contribution < 1.29 is 33.9 Å². The Morgan fingerprint density at radius 1 is 0.933 bits per heavy atom. The number of rotatable bonds is 13. The van der Waals surface area contributed by atoms with Gasteiger partial charge in [0, 0.05) is 35.3 Å². The average Bonchev–Trinajstić information content (AvgIpc) is 3.16. The topological polar surface area (TPSA) is 117 Å². The molecule has 0 spiro atoms. The van der Waals surface area contributed by atoms with Crippen molar-refractivity contribution in [3.05, 3.63) is 39.4 Å².